The van der Waals surface area contributed by atoms with Crippen molar-refractivity contribution in [3.8, 4) is 11.1 Å². The Balaban J connectivity index is 1.58. The maximum Gasteiger partial charge on any atom is 0.417 e. The van der Waals surface area contributed by atoms with E-state index >= 15 is 0 Å². The van der Waals surface area contributed by atoms with Gasteiger partial charge in [0.2, 0.25) is 0 Å². The summed E-state index contributed by atoms with van der Waals surface area (Å²) >= 11 is 0. The van der Waals surface area contributed by atoms with Gasteiger partial charge in [0.15, 0.2) is 0 Å². The molecule has 0 bridgehead atoms. The van der Waals surface area contributed by atoms with Crippen LogP contribution in [-0.4, -0.2) is 33.4 Å². The first-order chi connectivity index (χ1) is 16.6. The van der Waals surface area contributed by atoms with Gasteiger partial charge in [-0.2, -0.15) is 13.2 Å². The lowest BCUT2D eigenvalue weighted by Crippen LogP contribution is -2.48. The molecule has 7 heteroatoms. The first-order valence-electron chi connectivity index (χ1n) is 12.0. The van der Waals surface area contributed by atoms with Crippen LogP contribution in [0, 0.1) is 19.8 Å². The van der Waals surface area contributed by atoms with Gasteiger partial charge in [-0.25, -0.2) is 0 Å². The molecule has 0 radical (unpaired) electrons. The number of rotatable bonds is 5. The van der Waals surface area contributed by atoms with Crippen molar-refractivity contribution in [1.29, 1.82) is 0 Å². The highest BCUT2D eigenvalue weighted by Gasteiger charge is 2.34. The molecule has 1 saturated heterocycles. The van der Waals surface area contributed by atoms with Gasteiger partial charge in [0.1, 0.15) is 0 Å². The summed E-state index contributed by atoms with van der Waals surface area (Å²) in [5, 5.41) is 0. The Morgan fingerprint density at radius 3 is 2.54 bits per heavy atom. The van der Waals surface area contributed by atoms with Crippen LogP contribution < -0.4 is 0 Å². The van der Waals surface area contributed by atoms with Crippen LogP contribution in [-0.2, 0) is 12.6 Å². The zero-order valence-electron chi connectivity index (χ0n) is 20.3. The van der Waals surface area contributed by atoms with Crippen LogP contribution >= 0.6 is 0 Å². The number of pyridine rings is 2. The number of nitrogens with zero attached hydrogens (tertiary/aromatic N) is 3. The molecule has 1 fully saturated rings. The Kier molecular flexibility index (Phi) is 7.24. The standard InChI is InChI=1S/C28H30F3N3O/c1-18-6-10-24(21-13-19(2)15-32-16-21)25(14-18)27(35)34-12-4-5-20(3)26(34)11-9-23-8-7-22(17-33-23)28(29,30)31/h6-8,10,13-17,20,26H,4-5,9,11-12H2,1-3H3/t20-,26-/m1/s1. The van der Waals surface area contributed by atoms with Crippen LogP contribution in [0.15, 0.2) is 55.0 Å². The minimum absolute atomic E-state index is 0.00987. The zero-order chi connectivity index (χ0) is 25.2. The molecule has 1 aromatic carbocycles. The average molecular weight is 482 g/mol. The number of hydrogen-bond acceptors (Lipinski definition) is 3. The molecule has 4 nitrogen and oxygen atoms in total. The molecule has 4 rings (SSSR count). The Hall–Kier alpha value is -3.22. The molecule has 0 N–H and O–H groups in total. The van der Waals surface area contributed by atoms with E-state index in [0.29, 0.717) is 30.6 Å². The number of aryl methyl sites for hydroxylation is 3. The van der Waals surface area contributed by atoms with E-state index in [1.165, 1.54) is 6.07 Å². The van der Waals surface area contributed by atoms with Crippen LogP contribution in [0.3, 0.4) is 0 Å². The topological polar surface area (TPSA) is 46.1 Å². The maximum atomic E-state index is 13.9. The van der Waals surface area contributed by atoms with Gasteiger partial charge in [-0.1, -0.05) is 24.6 Å². The average Bonchev–Trinajstić information content (AvgIpc) is 2.82. The third kappa shape index (κ3) is 5.72. The van der Waals surface area contributed by atoms with Crippen molar-refractivity contribution >= 4 is 5.91 Å². The lowest BCUT2D eigenvalue weighted by molar-refractivity contribution is -0.137. The minimum atomic E-state index is -4.40. The fourth-order valence-electron chi connectivity index (χ4n) is 4.92. The van der Waals surface area contributed by atoms with E-state index in [2.05, 4.69) is 16.9 Å². The molecular formula is C28H30F3N3O. The summed E-state index contributed by atoms with van der Waals surface area (Å²) in [4.78, 5) is 24.2. The van der Waals surface area contributed by atoms with Crippen molar-refractivity contribution in [3.05, 3.63) is 82.9 Å². The van der Waals surface area contributed by atoms with Crippen molar-refractivity contribution in [2.75, 3.05) is 6.54 Å². The molecular weight excluding hydrogens is 451 g/mol. The monoisotopic (exact) mass is 481 g/mol. The maximum absolute atomic E-state index is 13.9. The predicted octanol–water partition coefficient (Wildman–Crippen LogP) is 6.65. The molecule has 35 heavy (non-hydrogen) atoms. The third-order valence-electron chi connectivity index (χ3n) is 6.82. The van der Waals surface area contributed by atoms with Crippen molar-refractivity contribution in [2.45, 2.75) is 58.7 Å². The second kappa shape index (κ2) is 10.2. The number of carbonyl (C=O) groups is 1. The molecule has 2 atom stereocenters. The highest BCUT2D eigenvalue weighted by molar-refractivity contribution is 6.01. The normalized spacial score (nSPS) is 18.5. The number of alkyl halides is 3. The summed E-state index contributed by atoms with van der Waals surface area (Å²) in [6.45, 7) is 6.76. The number of piperidine rings is 1. The Bertz CT molecular complexity index is 1190. The lowest BCUT2D eigenvalue weighted by Gasteiger charge is -2.40. The fourth-order valence-corrected chi connectivity index (χ4v) is 4.92. The number of aromatic nitrogens is 2. The highest BCUT2D eigenvalue weighted by atomic mass is 19.4. The predicted molar refractivity (Wildman–Crippen MR) is 130 cm³/mol. The SMILES string of the molecule is Cc1cncc(-c2ccc(C)cc2C(=O)N2CCC[C@@H](C)[C@H]2CCc2ccc(C(F)(F)F)cn2)c1. The van der Waals surface area contributed by atoms with Crippen molar-refractivity contribution < 1.29 is 18.0 Å². The van der Waals surface area contributed by atoms with Gasteiger partial charge in [0.25, 0.3) is 5.91 Å². The molecule has 0 saturated carbocycles. The molecule has 0 unspecified atom stereocenters. The lowest BCUT2D eigenvalue weighted by atomic mass is 9.86. The number of halogens is 3. The smallest absolute Gasteiger partial charge is 0.335 e. The van der Waals surface area contributed by atoms with Crippen molar-refractivity contribution in [3.63, 3.8) is 0 Å². The van der Waals surface area contributed by atoms with Crippen LogP contribution in [0.2, 0.25) is 0 Å². The summed E-state index contributed by atoms with van der Waals surface area (Å²) in [6, 6.07) is 10.4. The van der Waals surface area contributed by atoms with E-state index in [4.69, 9.17) is 0 Å². The van der Waals surface area contributed by atoms with Gasteiger partial charge >= 0.3 is 6.18 Å². The van der Waals surface area contributed by atoms with Crippen LogP contribution in [0.25, 0.3) is 11.1 Å². The van der Waals surface area contributed by atoms with E-state index in [1.54, 1.807) is 12.4 Å². The molecule has 0 aliphatic carbocycles. The molecule has 1 aliphatic rings. The van der Waals surface area contributed by atoms with E-state index in [-0.39, 0.29) is 17.9 Å². The molecule has 1 amide bonds. The second-order valence-corrected chi connectivity index (χ2v) is 9.56. The van der Waals surface area contributed by atoms with Gasteiger partial charge in [-0.15, -0.1) is 0 Å². The van der Waals surface area contributed by atoms with Crippen LogP contribution in [0.5, 0.6) is 0 Å². The Morgan fingerprint density at radius 2 is 1.86 bits per heavy atom. The van der Waals surface area contributed by atoms with E-state index in [9.17, 15) is 18.0 Å². The van der Waals surface area contributed by atoms with Gasteiger partial charge in [0, 0.05) is 48.0 Å². The van der Waals surface area contributed by atoms with Gasteiger partial charge in [-0.3, -0.25) is 14.8 Å². The highest BCUT2D eigenvalue weighted by Crippen LogP contribution is 2.32. The largest absolute Gasteiger partial charge is 0.417 e. The molecule has 3 aromatic rings. The van der Waals surface area contributed by atoms with Gasteiger partial charge in [0.05, 0.1) is 5.56 Å². The summed E-state index contributed by atoms with van der Waals surface area (Å²) in [7, 11) is 0. The summed E-state index contributed by atoms with van der Waals surface area (Å²) in [5.74, 6) is 0.276. The van der Waals surface area contributed by atoms with Crippen LogP contribution in [0.1, 0.15) is 58.9 Å². The minimum Gasteiger partial charge on any atom is -0.335 e. The molecule has 184 valence electrons. The summed E-state index contributed by atoms with van der Waals surface area (Å²) in [5.41, 5.74) is 4.31. The first-order valence-corrected chi connectivity index (χ1v) is 12.0. The third-order valence-corrected chi connectivity index (χ3v) is 6.82. The number of likely N-dealkylation sites (tertiary alicyclic amines) is 1. The second-order valence-electron chi connectivity index (χ2n) is 9.56. The van der Waals surface area contributed by atoms with E-state index in [1.807, 2.05) is 43.0 Å². The first kappa shape index (κ1) is 24.9. The fraction of sp³-hybridized carbons (Fsp3) is 0.393. The number of amides is 1. The van der Waals surface area contributed by atoms with E-state index in [0.717, 1.165) is 47.4 Å². The van der Waals surface area contributed by atoms with Crippen LogP contribution in [0.4, 0.5) is 13.2 Å². The van der Waals surface area contributed by atoms with Gasteiger partial charge < -0.3 is 4.90 Å². The zero-order valence-corrected chi connectivity index (χ0v) is 20.3. The quantitative estimate of drug-likeness (QED) is 0.410. The Morgan fingerprint density at radius 1 is 1.06 bits per heavy atom. The molecule has 0 spiro atoms. The molecule has 3 heterocycles. The number of carbonyl (C=O) groups excluding carboxylic acids is 1. The van der Waals surface area contributed by atoms with Gasteiger partial charge in [-0.05, 0) is 80.8 Å². The summed E-state index contributed by atoms with van der Waals surface area (Å²) < 4.78 is 38.6. The van der Waals surface area contributed by atoms with Crippen molar-refractivity contribution in [2.24, 2.45) is 5.92 Å². The Labute approximate surface area is 204 Å². The number of hydrogen-bond donors (Lipinski definition) is 0. The van der Waals surface area contributed by atoms with Crippen molar-refractivity contribution in [1.82, 2.24) is 14.9 Å². The van der Waals surface area contributed by atoms with E-state index < -0.39 is 11.7 Å². The molecule has 2 aromatic heterocycles. The number of benzene rings is 1. The molecule has 1 aliphatic heterocycles. The summed E-state index contributed by atoms with van der Waals surface area (Å²) in [6.07, 6.45) is 3.16.